The fourth-order valence-electron chi connectivity index (χ4n) is 3.13. The van der Waals surface area contributed by atoms with Gasteiger partial charge in [-0.05, 0) is 57.0 Å². The largest absolute Gasteiger partial charge is 0.493 e. The normalized spacial score (nSPS) is 20.2. The number of rotatable bonds is 9. The topological polar surface area (TPSA) is 55.8 Å². The molecule has 1 aromatic rings. The first-order chi connectivity index (χ1) is 14.9. The first-order valence-corrected chi connectivity index (χ1v) is 10.5. The van der Waals surface area contributed by atoms with Crippen molar-refractivity contribution in [2.45, 2.75) is 58.2 Å². The van der Waals surface area contributed by atoms with Crippen LogP contribution in [0, 0.1) is 17.3 Å². The van der Waals surface area contributed by atoms with Gasteiger partial charge in [-0.3, -0.25) is 4.79 Å². The van der Waals surface area contributed by atoms with Gasteiger partial charge in [-0.25, -0.2) is 0 Å². The van der Waals surface area contributed by atoms with Crippen LogP contribution in [0.5, 0.6) is 5.75 Å². The highest BCUT2D eigenvalue weighted by atomic mass is 35.5. The summed E-state index contributed by atoms with van der Waals surface area (Å²) in [6.45, 7) is 4.87. The molecular formula is C24H26ClF3O4. The van der Waals surface area contributed by atoms with Crippen molar-refractivity contribution in [3.05, 3.63) is 52.8 Å². The van der Waals surface area contributed by atoms with Crippen LogP contribution in [0.2, 0.25) is 0 Å². The zero-order valence-electron chi connectivity index (χ0n) is 18.1. The van der Waals surface area contributed by atoms with Crippen molar-refractivity contribution in [1.29, 1.82) is 0 Å². The van der Waals surface area contributed by atoms with Gasteiger partial charge in [0, 0.05) is 6.42 Å². The van der Waals surface area contributed by atoms with Crippen molar-refractivity contribution in [2.75, 3.05) is 6.61 Å². The summed E-state index contributed by atoms with van der Waals surface area (Å²) < 4.78 is 50.9. The smallest absolute Gasteiger partial charge is 0.397 e. The van der Waals surface area contributed by atoms with E-state index in [1.807, 2.05) is 0 Å². The number of alkyl halides is 3. The minimum atomic E-state index is -4.39. The van der Waals surface area contributed by atoms with Crippen LogP contribution < -0.4 is 4.74 Å². The summed E-state index contributed by atoms with van der Waals surface area (Å²) in [6, 6.07) is 7.05. The first-order valence-electron chi connectivity index (χ1n) is 10.1. The molecule has 0 saturated heterocycles. The molecule has 1 N–H and O–H groups in total. The van der Waals surface area contributed by atoms with E-state index in [1.165, 1.54) is 6.08 Å². The zero-order chi connectivity index (χ0) is 23.9. The maximum atomic E-state index is 13.2. The van der Waals surface area contributed by atoms with Gasteiger partial charge in [0.2, 0.25) is 0 Å². The second-order valence-electron chi connectivity index (χ2n) is 7.86. The van der Waals surface area contributed by atoms with Gasteiger partial charge >= 0.3 is 12.1 Å². The predicted octanol–water partition coefficient (Wildman–Crippen LogP) is 6.42. The molecule has 0 radical (unpaired) electrons. The third-order valence-electron chi connectivity index (χ3n) is 5.14. The van der Waals surface area contributed by atoms with Crippen molar-refractivity contribution in [1.82, 2.24) is 0 Å². The molecule has 0 fully saturated rings. The van der Waals surface area contributed by atoms with E-state index in [0.29, 0.717) is 18.8 Å². The summed E-state index contributed by atoms with van der Waals surface area (Å²) >= 11 is 6.03. The monoisotopic (exact) mass is 470 g/mol. The Bertz CT molecular complexity index is 925. The summed E-state index contributed by atoms with van der Waals surface area (Å²) in [4.78, 5) is 11.0. The summed E-state index contributed by atoms with van der Waals surface area (Å²) in [7, 11) is 0. The number of benzene rings is 1. The lowest BCUT2D eigenvalue weighted by Crippen LogP contribution is -2.34. The standard InChI is InChI=1S/C24H26ClF3O4/c1-4-5-18(14-22(29)30)17-6-8-19(9-7-17)31-13-11-16(2)32-21-10-12-23(3,15-20(21)25)24(26,27)28/h6-10,15-16,18H,11-14H2,1-3H3,(H,29,30). The van der Waals surface area contributed by atoms with Gasteiger partial charge in [-0.15, -0.1) is 5.92 Å². The van der Waals surface area contributed by atoms with Crippen LogP contribution in [0.4, 0.5) is 13.2 Å². The van der Waals surface area contributed by atoms with Crippen LogP contribution in [0.25, 0.3) is 0 Å². The highest BCUT2D eigenvalue weighted by Gasteiger charge is 2.50. The number of carboxylic acid groups (broad SMARTS) is 1. The Morgan fingerprint density at radius 3 is 2.50 bits per heavy atom. The van der Waals surface area contributed by atoms with Crippen molar-refractivity contribution in [3.8, 4) is 17.6 Å². The summed E-state index contributed by atoms with van der Waals surface area (Å²) in [6.07, 6.45) is -2.16. The lowest BCUT2D eigenvalue weighted by molar-refractivity contribution is -0.199. The number of carbonyl (C=O) groups is 1. The Hall–Kier alpha value is -2.59. The Morgan fingerprint density at radius 2 is 1.97 bits per heavy atom. The number of carboxylic acids is 1. The van der Waals surface area contributed by atoms with Crippen LogP contribution in [0.15, 0.2) is 47.2 Å². The molecule has 0 saturated carbocycles. The second-order valence-corrected chi connectivity index (χ2v) is 8.27. The molecule has 0 aliphatic heterocycles. The van der Waals surface area contributed by atoms with E-state index < -0.39 is 17.6 Å². The minimum Gasteiger partial charge on any atom is -0.493 e. The highest BCUT2D eigenvalue weighted by molar-refractivity contribution is 6.31. The molecule has 174 valence electrons. The van der Waals surface area contributed by atoms with E-state index in [1.54, 1.807) is 38.1 Å². The molecule has 1 aromatic carbocycles. The zero-order valence-corrected chi connectivity index (χ0v) is 18.9. The molecule has 0 bridgehead atoms. The molecule has 0 spiro atoms. The minimum absolute atomic E-state index is 0.0504. The van der Waals surface area contributed by atoms with Crippen LogP contribution in [0.3, 0.4) is 0 Å². The van der Waals surface area contributed by atoms with E-state index in [2.05, 4.69) is 11.8 Å². The highest BCUT2D eigenvalue weighted by Crippen LogP contribution is 2.47. The van der Waals surface area contributed by atoms with Gasteiger partial charge in [-0.1, -0.05) is 29.7 Å². The number of ether oxygens (including phenoxy) is 2. The average Bonchev–Trinajstić information content (AvgIpc) is 2.69. The van der Waals surface area contributed by atoms with Crippen LogP contribution in [0.1, 0.15) is 51.5 Å². The average molecular weight is 471 g/mol. The SMILES string of the molecule is CC#CC(CC(=O)O)c1ccc(OCCC(C)OC2=CCC(C)(C(F)(F)F)C=C2Cl)cc1. The molecule has 1 aliphatic carbocycles. The molecule has 4 nitrogen and oxygen atoms in total. The molecule has 0 amide bonds. The van der Waals surface area contributed by atoms with E-state index >= 15 is 0 Å². The third-order valence-corrected chi connectivity index (χ3v) is 5.44. The maximum Gasteiger partial charge on any atom is 0.397 e. The quantitative estimate of drug-likeness (QED) is 0.423. The van der Waals surface area contributed by atoms with E-state index in [0.717, 1.165) is 18.6 Å². The molecule has 3 unspecified atom stereocenters. The van der Waals surface area contributed by atoms with Crippen LogP contribution in [-0.2, 0) is 9.53 Å². The molecule has 8 heteroatoms. The second kappa shape index (κ2) is 10.8. The number of hydrogen-bond acceptors (Lipinski definition) is 3. The van der Waals surface area contributed by atoms with Crippen molar-refractivity contribution in [3.63, 3.8) is 0 Å². The molecule has 32 heavy (non-hydrogen) atoms. The number of hydrogen-bond donors (Lipinski definition) is 1. The maximum absolute atomic E-state index is 13.2. The van der Waals surface area contributed by atoms with Gasteiger partial charge in [0.1, 0.15) is 11.5 Å². The molecule has 3 atom stereocenters. The first kappa shape index (κ1) is 25.7. The molecule has 2 rings (SSSR count). The number of halogens is 4. The molecule has 0 heterocycles. The van der Waals surface area contributed by atoms with Gasteiger partial charge in [0.05, 0.1) is 35.5 Å². The lowest BCUT2D eigenvalue weighted by Gasteiger charge is -2.32. The Kier molecular flexibility index (Phi) is 8.68. The lowest BCUT2D eigenvalue weighted by atomic mass is 9.82. The van der Waals surface area contributed by atoms with Crippen molar-refractivity contribution in [2.24, 2.45) is 5.41 Å². The predicted molar refractivity (Wildman–Crippen MR) is 116 cm³/mol. The number of aliphatic carboxylic acids is 1. The molecular weight excluding hydrogens is 445 g/mol. The number of allylic oxidation sites excluding steroid dienone is 3. The fraction of sp³-hybridized carbons (Fsp3) is 0.458. The third kappa shape index (κ3) is 6.96. The van der Waals surface area contributed by atoms with Gasteiger partial charge in [0.15, 0.2) is 0 Å². The van der Waals surface area contributed by atoms with E-state index in [9.17, 15) is 18.0 Å². The molecule has 0 aromatic heterocycles. The van der Waals surface area contributed by atoms with Crippen molar-refractivity contribution >= 4 is 17.6 Å². The molecule has 1 aliphatic rings. The summed E-state index contributed by atoms with van der Waals surface area (Å²) in [5, 5.41) is 8.97. The van der Waals surface area contributed by atoms with Gasteiger partial charge < -0.3 is 14.6 Å². The summed E-state index contributed by atoms with van der Waals surface area (Å²) in [5.74, 6) is 5.18. The Labute approximate surface area is 191 Å². The van der Waals surface area contributed by atoms with E-state index in [-0.39, 0.29) is 35.7 Å². The van der Waals surface area contributed by atoms with Gasteiger partial charge in [-0.2, -0.15) is 13.2 Å². The van der Waals surface area contributed by atoms with Crippen LogP contribution in [-0.4, -0.2) is 30.0 Å². The van der Waals surface area contributed by atoms with Crippen LogP contribution >= 0.6 is 11.6 Å². The summed E-state index contributed by atoms with van der Waals surface area (Å²) in [5.41, 5.74) is -1.20. The Balaban J connectivity index is 1.86. The fourth-order valence-corrected chi connectivity index (χ4v) is 3.49. The van der Waals surface area contributed by atoms with Gasteiger partial charge in [0.25, 0.3) is 0 Å². The van der Waals surface area contributed by atoms with E-state index in [4.69, 9.17) is 26.2 Å². The van der Waals surface area contributed by atoms with Crippen molar-refractivity contribution < 1.29 is 32.5 Å². The Morgan fingerprint density at radius 1 is 1.31 bits per heavy atom.